The van der Waals surface area contributed by atoms with Crippen LogP contribution in [0.1, 0.15) is 53.2 Å². The molecule has 2 amide bonds. The maximum absolute atomic E-state index is 13.5. The van der Waals surface area contributed by atoms with Crippen molar-refractivity contribution >= 4 is 17.8 Å². The van der Waals surface area contributed by atoms with Gasteiger partial charge >= 0.3 is 5.97 Å². The SMILES string of the molecule is CC(C(=O)O)C1Cc2cc(C(=O)N(C)CCC3CCNCC3)ccc2CN(CCc2ccccc2)C1=O. The molecule has 7 heteroatoms. The molecule has 0 bridgehead atoms. The van der Waals surface area contributed by atoms with Crippen LogP contribution < -0.4 is 5.32 Å². The molecule has 0 aromatic heterocycles. The fourth-order valence-electron chi connectivity index (χ4n) is 5.47. The molecule has 2 unspecified atom stereocenters. The molecule has 0 radical (unpaired) electrons. The summed E-state index contributed by atoms with van der Waals surface area (Å²) in [4.78, 5) is 42.2. The lowest BCUT2D eigenvalue weighted by atomic mass is 9.86. The van der Waals surface area contributed by atoms with E-state index in [0.29, 0.717) is 44.0 Å². The highest BCUT2D eigenvalue weighted by Gasteiger charge is 2.36. The molecule has 2 aliphatic rings. The second kappa shape index (κ2) is 12.4. The van der Waals surface area contributed by atoms with Gasteiger partial charge in [0, 0.05) is 32.2 Å². The predicted octanol–water partition coefficient (Wildman–Crippen LogP) is 3.61. The van der Waals surface area contributed by atoms with Crippen molar-refractivity contribution in [1.29, 1.82) is 0 Å². The van der Waals surface area contributed by atoms with E-state index >= 15 is 0 Å². The number of benzene rings is 2. The second-order valence-electron chi connectivity index (χ2n) is 10.6. The van der Waals surface area contributed by atoms with Gasteiger partial charge in [-0.05, 0) is 79.9 Å². The smallest absolute Gasteiger partial charge is 0.307 e. The molecule has 1 saturated heterocycles. The zero-order valence-corrected chi connectivity index (χ0v) is 22.0. The number of rotatable bonds is 9. The molecule has 2 aromatic carbocycles. The van der Waals surface area contributed by atoms with E-state index in [1.165, 1.54) is 0 Å². The third-order valence-corrected chi connectivity index (χ3v) is 8.07. The number of carboxylic acids is 1. The maximum atomic E-state index is 13.5. The number of carbonyl (C=O) groups excluding carboxylic acids is 2. The minimum Gasteiger partial charge on any atom is -0.481 e. The number of amides is 2. The van der Waals surface area contributed by atoms with Gasteiger partial charge in [0.15, 0.2) is 0 Å². The first-order chi connectivity index (χ1) is 17.8. The summed E-state index contributed by atoms with van der Waals surface area (Å²) < 4.78 is 0. The molecule has 2 aliphatic heterocycles. The van der Waals surface area contributed by atoms with Crippen molar-refractivity contribution in [3.63, 3.8) is 0 Å². The van der Waals surface area contributed by atoms with E-state index in [-0.39, 0.29) is 11.8 Å². The lowest BCUT2D eigenvalue weighted by Gasteiger charge is -2.26. The van der Waals surface area contributed by atoms with Gasteiger partial charge in [-0.2, -0.15) is 0 Å². The van der Waals surface area contributed by atoms with E-state index < -0.39 is 17.8 Å². The van der Waals surface area contributed by atoms with Gasteiger partial charge in [-0.25, -0.2) is 0 Å². The molecular weight excluding hydrogens is 466 g/mol. The predicted molar refractivity (Wildman–Crippen MR) is 143 cm³/mol. The zero-order chi connectivity index (χ0) is 26.4. The highest BCUT2D eigenvalue weighted by molar-refractivity contribution is 5.94. The fourth-order valence-corrected chi connectivity index (χ4v) is 5.47. The van der Waals surface area contributed by atoms with E-state index in [4.69, 9.17) is 0 Å². The first-order valence-electron chi connectivity index (χ1n) is 13.5. The molecule has 1 fully saturated rings. The van der Waals surface area contributed by atoms with Gasteiger partial charge in [0.2, 0.25) is 5.91 Å². The van der Waals surface area contributed by atoms with Crippen LogP contribution in [0.3, 0.4) is 0 Å². The standard InChI is InChI=1S/C30H39N3O4/c1-21(30(36)37)27-19-26-18-24(28(34)32(2)16-12-23-10-14-31-15-11-23)8-9-25(26)20-33(29(27)35)17-13-22-6-4-3-5-7-22/h3-9,18,21,23,27,31H,10-17,19-20H2,1-2H3,(H,36,37). The van der Waals surface area contributed by atoms with E-state index in [1.807, 2.05) is 55.6 Å². The van der Waals surface area contributed by atoms with Crippen LogP contribution in [0.2, 0.25) is 0 Å². The Hall–Kier alpha value is -3.19. The van der Waals surface area contributed by atoms with E-state index in [2.05, 4.69) is 5.32 Å². The van der Waals surface area contributed by atoms with E-state index in [1.54, 1.807) is 16.7 Å². The van der Waals surface area contributed by atoms with Gasteiger partial charge in [-0.15, -0.1) is 0 Å². The molecule has 2 N–H and O–H groups in total. The molecule has 37 heavy (non-hydrogen) atoms. The third-order valence-electron chi connectivity index (χ3n) is 8.07. The molecule has 0 aliphatic carbocycles. The van der Waals surface area contributed by atoms with Crippen LogP contribution in [-0.4, -0.2) is 65.9 Å². The van der Waals surface area contributed by atoms with E-state index in [9.17, 15) is 19.5 Å². The first kappa shape index (κ1) is 26.9. The van der Waals surface area contributed by atoms with Gasteiger partial charge < -0.3 is 20.2 Å². The monoisotopic (exact) mass is 505 g/mol. The van der Waals surface area contributed by atoms with Crippen LogP contribution in [0.25, 0.3) is 0 Å². The Morgan fingerprint density at radius 3 is 2.54 bits per heavy atom. The number of fused-ring (bicyclic) bond motifs is 1. The van der Waals surface area contributed by atoms with Crippen LogP contribution >= 0.6 is 0 Å². The second-order valence-corrected chi connectivity index (χ2v) is 10.6. The Morgan fingerprint density at radius 2 is 1.84 bits per heavy atom. The third kappa shape index (κ3) is 6.77. The normalized spacial score (nSPS) is 19.1. The molecule has 7 nitrogen and oxygen atoms in total. The molecule has 0 saturated carbocycles. The van der Waals surface area contributed by atoms with Gasteiger partial charge in [0.25, 0.3) is 5.91 Å². The minimum absolute atomic E-state index is 0.0314. The summed E-state index contributed by atoms with van der Waals surface area (Å²) in [5.41, 5.74) is 3.61. The molecule has 4 rings (SSSR count). The van der Waals surface area contributed by atoms with Gasteiger partial charge in [-0.3, -0.25) is 14.4 Å². The number of aliphatic carboxylic acids is 1. The molecule has 0 spiro atoms. The van der Waals surface area contributed by atoms with Crippen molar-refractivity contribution in [1.82, 2.24) is 15.1 Å². The summed E-state index contributed by atoms with van der Waals surface area (Å²) in [7, 11) is 1.85. The number of carboxylic acid groups (broad SMARTS) is 1. The van der Waals surface area contributed by atoms with Gasteiger partial charge in [0.1, 0.15) is 0 Å². The Kier molecular flexibility index (Phi) is 8.98. The highest BCUT2D eigenvalue weighted by atomic mass is 16.4. The van der Waals surface area contributed by atoms with Crippen molar-refractivity contribution in [3.8, 4) is 0 Å². The fraction of sp³-hybridized carbons (Fsp3) is 0.500. The van der Waals surface area contributed by atoms with Crippen LogP contribution in [0.4, 0.5) is 0 Å². The quantitative estimate of drug-likeness (QED) is 0.543. The number of nitrogens with zero attached hydrogens (tertiary/aromatic N) is 2. The van der Waals surface area contributed by atoms with Crippen molar-refractivity contribution in [2.75, 3.05) is 33.2 Å². The topological polar surface area (TPSA) is 89.9 Å². The minimum atomic E-state index is -0.977. The molecule has 2 aromatic rings. The largest absolute Gasteiger partial charge is 0.481 e. The van der Waals surface area contributed by atoms with Crippen molar-refractivity contribution in [2.45, 2.75) is 45.6 Å². The van der Waals surface area contributed by atoms with Crippen molar-refractivity contribution in [3.05, 3.63) is 70.8 Å². The Labute approximate surface area is 219 Å². The van der Waals surface area contributed by atoms with Crippen LogP contribution in [-0.2, 0) is 29.0 Å². The van der Waals surface area contributed by atoms with Gasteiger partial charge in [0.05, 0.1) is 11.8 Å². The number of carbonyl (C=O) groups is 3. The molecular formula is C30H39N3O4. The van der Waals surface area contributed by atoms with Crippen LogP contribution in [0.5, 0.6) is 0 Å². The number of piperidine rings is 1. The summed E-state index contributed by atoms with van der Waals surface area (Å²) in [5.74, 6) is -1.98. The summed E-state index contributed by atoms with van der Waals surface area (Å²) >= 11 is 0. The Bertz CT molecular complexity index is 1100. The average molecular weight is 506 g/mol. The lowest BCUT2D eigenvalue weighted by Crippen LogP contribution is -2.40. The van der Waals surface area contributed by atoms with E-state index in [0.717, 1.165) is 49.0 Å². The summed E-state index contributed by atoms with van der Waals surface area (Å²) in [5, 5.41) is 13.1. The highest BCUT2D eigenvalue weighted by Crippen LogP contribution is 2.29. The van der Waals surface area contributed by atoms with Crippen LogP contribution in [0.15, 0.2) is 48.5 Å². The van der Waals surface area contributed by atoms with Crippen LogP contribution in [0, 0.1) is 17.8 Å². The lowest BCUT2D eigenvalue weighted by molar-refractivity contribution is -0.149. The van der Waals surface area contributed by atoms with Crippen molar-refractivity contribution < 1.29 is 19.5 Å². The number of hydrogen-bond donors (Lipinski definition) is 2. The first-order valence-corrected chi connectivity index (χ1v) is 13.5. The molecule has 198 valence electrons. The summed E-state index contributed by atoms with van der Waals surface area (Å²) in [6.07, 6.45) is 4.33. The maximum Gasteiger partial charge on any atom is 0.307 e. The summed E-state index contributed by atoms with van der Waals surface area (Å²) in [6.45, 7) is 5.35. The van der Waals surface area contributed by atoms with Gasteiger partial charge in [-0.1, -0.05) is 43.3 Å². The summed E-state index contributed by atoms with van der Waals surface area (Å²) in [6, 6.07) is 15.7. The molecule has 2 heterocycles. The average Bonchev–Trinajstić information content (AvgIpc) is 3.06. The number of hydrogen-bond acceptors (Lipinski definition) is 4. The zero-order valence-electron chi connectivity index (χ0n) is 22.0. The Morgan fingerprint density at radius 1 is 1.11 bits per heavy atom. The number of nitrogens with one attached hydrogen (secondary N) is 1. The Balaban J connectivity index is 1.51. The molecule has 2 atom stereocenters. The van der Waals surface area contributed by atoms with Crippen molar-refractivity contribution in [2.24, 2.45) is 17.8 Å².